The largest absolute Gasteiger partial charge is 0.505 e. The molecule has 1 fully saturated rings. The lowest BCUT2D eigenvalue weighted by Gasteiger charge is -2.12. The molecule has 1 aromatic rings. The van der Waals surface area contributed by atoms with Crippen molar-refractivity contribution in [3.05, 3.63) is 22.5 Å². The lowest BCUT2D eigenvalue weighted by Crippen LogP contribution is -2.16. The number of methoxy groups -OCH3 is 1. The number of nitrogens with zero attached hydrogens (tertiary/aromatic N) is 1. The molecule has 0 radical (unpaired) electrons. The first-order valence-electron chi connectivity index (χ1n) is 5.52. The topological polar surface area (TPSA) is 96.7 Å². The number of esters is 1. The zero-order valence-electron chi connectivity index (χ0n) is 10.1. The van der Waals surface area contributed by atoms with Gasteiger partial charge in [-0.25, -0.2) is 9.59 Å². The van der Waals surface area contributed by atoms with E-state index in [1.54, 1.807) is 0 Å². The van der Waals surface area contributed by atoms with Crippen molar-refractivity contribution in [2.75, 3.05) is 7.11 Å². The van der Waals surface area contributed by atoms with Gasteiger partial charge in [0.15, 0.2) is 5.75 Å². The Hall–Kier alpha value is -2.11. The van der Waals surface area contributed by atoms with E-state index in [4.69, 9.17) is 5.11 Å². The number of aromatic nitrogens is 1. The number of carbonyl (C=O) groups is 2. The van der Waals surface area contributed by atoms with Crippen molar-refractivity contribution >= 4 is 11.9 Å². The third-order valence-electron chi connectivity index (χ3n) is 2.94. The molecule has 6 nitrogen and oxygen atoms in total. The van der Waals surface area contributed by atoms with Crippen LogP contribution in [0.5, 0.6) is 5.75 Å². The van der Waals surface area contributed by atoms with Crippen LogP contribution in [-0.4, -0.2) is 34.2 Å². The Morgan fingerprint density at radius 3 is 2.39 bits per heavy atom. The number of carbonyl (C=O) groups excluding carboxylic acids is 1. The van der Waals surface area contributed by atoms with E-state index in [2.05, 4.69) is 9.72 Å². The van der Waals surface area contributed by atoms with Crippen molar-refractivity contribution in [3.8, 4) is 5.75 Å². The molecule has 6 heteroatoms. The highest BCUT2D eigenvalue weighted by molar-refractivity contribution is 6.05. The quantitative estimate of drug-likeness (QED) is 0.789. The van der Waals surface area contributed by atoms with Gasteiger partial charge in [0.1, 0.15) is 5.56 Å². The fourth-order valence-corrected chi connectivity index (χ4v) is 1.89. The van der Waals surface area contributed by atoms with E-state index in [0.29, 0.717) is 5.69 Å². The molecule has 0 amide bonds. The normalized spacial score (nSPS) is 14.3. The van der Waals surface area contributed by atoms with Gasteiger partial charge >= 0.3 is 11.9 Å². The Bertz CT molecular complexity index is 534. The first kappa shape index (κ1) is 12.3. The molecule has 0 bridgehead atoms. The number of hydrogen-bond acceptors (Lipinski definition) is 5. The molecule has 0 saturated heterocycles. The zero-order valence-corrected chi connectivity index (χ0v) is 10.1. The van der Waals surface area contributed by atoms with Crippen LogP contribution >= 0.6 is 0 Å². The maximum Gasteiger partial charge on any atom is 0.340 e. The number of ether oxygens (including phenoxy) is 1. The third kappa shape index (κ3) is 1.90. The van der Waals surface area contributed by atoms with E-state index < -0.39 is 23.3 Å². The summed E-state index contributed by atoms with van der Waals surface area (Å²) >= 11 is 0. The third-order valence-corrected chi connectivity index (χ3v) is 2.94. The van der Waals surface area contributed by atoms with Crippen LogP contribution in [0.15, 0.2) is 0 Å². The highest BCUT2D eigenvalue weighted by Gasteiger charge is 2.35. The Morgan fingerprint density at radius 1 is 1.33 bits per heavy atom. The van der Waals surface area contributed by atoms with Crippen LogP contribution in [0.25, 0.3) is 0 Å². The number of carboxylic acids is 1. The minimum Gasteiger partial charge on any atom is -0.505 e. The van der Waals surface area contributed by atoms with Crippen LogP contribution in [0.3, 0.4) is 0 Å². The molecule has 1 aromatic heterocycles. The molecule has 0 spiro atoms. The minimum absolute atomic E-state index is 0.0801. The van der Waals surface area contributed by atoms with Crippen LogP contribution in [0.4, 0.5) is 0 Å². The van der Waals surface area contributed by atoms with E-state index in [1.807, 2.05) is 0 Å². The van der Waals surface area contributed by atoms with Crippen LogP contribution in [0.2, 0.25) is 0 Å². The molecule has 1 aliphatic rings. The van der Waals surface area contributed by atoms with Gasteiger partial charge in [0, 0.05) is 5.92 Å². The Kier molecular flexibility index (Phi) is 2.94. The maximum atomic E-state index is 11.7. The Balaban J connectivity index is 2.74. The van der Waals surface area contributed by atoms with Gasteiger partial charge in [-0.15, -0.1) is 0 Å². The summed E-state index contributed by atoms with van der Waals surface area (Å²) in [5, 5.41) is 18.9. The highest BCUT2D eigenvalue weighted by Crippen LogP contribution is 2.43. The van der Waals surface area contributed by atoms with Crippen LogP contribution in [0.1, 0.15) is 50.9 Å². The van der Waals surface area contributed by atoms with Gasteiger partial charge in [-0.1, -0.05) is 0 Å². The smallest absolute Gasteiger partial charge is 0.340 e. The summed E-state index contributed by atoms with van der Waals surface area (Å²) in [6.07, 6.45) is 1.72. The molecule has 18 heavy (non-hydrogen) atoms. The predicted octanol–water partition coefficient (Wildman–Crippen LogP) is 1.46. The molecule has 0 unspecified atom stereocenters. The number of carboxylic acid groups (broad SMARTS) is 1. The molecule has 2 N–H and O–H groups in total. The van der Waals surface area contributed by atoms with Gasteiger partial charge in [-0.3, -0.25) is 4.98 Å². The first-order valence-corrected chi connectivity index (χ1v) is 5.52. The molecular formula is C12H13NO5. The van der Waals surface area contributed by atoms with Gasteiger partial charge in [0.2, 0.25) is 0 Å². The summed E-state index contributed by atoms with van der Waals surface area (Å²) in [6.45, 7) is 1.51. The van der Waals surface area contributed by atoms with Crippen molar-refractivity contribution in [3.63, 3.8) is 0 Å². The number of hydrogen-bond donors (Lipinski definition) is 2. The zero-order chi connectivity index (χ0) is 13.4. The van der Waals surface area contributed by atoms with E-state index in [1.165, 1.54) is 14.0 Å². The highest BCUT2D eigenvalue weighted by atomic mass is 16.5. The average Bonchev–Trinajstić information content (AvgIpc) is 3.14. The summed E-state index contributed by atoms with van der Waals surface area (Å²) in [6, 6.07) is 0. The number of aromatic carboxylic acids is 1. The van der Waals surface area contributed by atoms with Crippen molar-refractivity contribution in [2.45, 2.75) is 25.7 Å². The molecule has 96 valence electrons. The molecule has 1 aliphatic carbocycles. The molecular weight excluding hydrogens is 238 g/mol. The average molecular weight is 251 g/mol. The Morgan fingerprint density at radius 2 is 1.94 bits per heavy atom. The van der Waals surface area contributed by atoms with Gasteiger partial charge in [-0.05, 0) is 19.8 Å². The van der Waals surface area contributed by atoms with Crippen LogP contribution < -0.4 is 0 Å². The van der Waals surface area contributed by atoms with Gasteiger partial charge in [0.05, 0.1) is 24.1 Å². The van der Waals surface area contributed by atoms with E-state index in [-0.39, 0.29) is 17.2 Å². The number of aromatic hydroxyl groups is 1. The lowest BCUT2D eigenvalue weighted by atomic mass is 10.0. The molecule has 1 saturated carbocycles. The van der Waals surface area contributed by atoms with Gasteiger partial charge in [0.25, 0.3) is 0 Å². The second kappa shape index (κ2) is 4.29. The van der Waals surface area contributed by atoms with E-state index in [9.17, 15) is 14.7 Å². The SMILES string of the molecule is COC(=O)c1c(C2CC2)nc(C)c(O)c1C(=O)O. The summed E-state index contributed by atoms with van der Waals surface area (Å²) in [7, 11) is 1.17. The standard InChI is InChI=1S/C12H13NO5/c1-5-10(14)8(11(15)16)7(12(17)18-2)9(13-5)6-3-4-6/h6,14H,3-4H2,1-2H3,(H,15,16). The van der Waals surface area contributed by atoms with Gasteiger partial charge < -0.3 is 14.9 Å². The molecule has 0 aliphatic heterocycles. The fraction of sp³-hybridized carbons (Fsp3) is 0.417. The van der Waals surface area contributed by atoms with E-state index >= 15 is 0 Å². The molecule has 2 rings (SSSR count). The second-order valence-electron chi connectivity index (χ2n) is 4.25. The van der Waals surface area contributed by atoms with Crippen molar-refractivity contribution in [2.24, 2.45) is 0 Å². The number of aryl methyl sites for hydroxylation is 1. The second-order valence-corrected chi connectivity index (χ2v) is 4.25. The van der Waals surface area contributed by atoms with Crippen molar-refractivity contribution in [1.82, 2.24) is 4.98 Å². The number of pyridine rings is 1. The summed E-state index contributed by atoms with van der Waals surface area (Å²) < 4.78 is 4.59. The molecule has 0 aromatic carbocycles. The minimum atomic E-state index is -1.36. The summed E-state index contributed by atoms with van der Waals surface area (Å²) in [5.74, 6) is -2.54. The molecule has 1 heterocycles. The monoisotopic (exact) mass is 251 g/mol. The lowest BCUT2D eigenvalue weighted by molar-refractivity contribution is 0.0578. The fourth-order valence-electron chi connectivity index (χ4n) is 1.89. The van der Waals surface area contributed by atoms with Crippen molar-refractivity contribution < 1.29 is 24.5 Å². The number of rotatable bonds is 3. The van der Waals surface area contributed by atoms with Crippen LogP contribution in [-0.2, 0) is 4.74 Å². The molecule has 0 atom stereocenters. The summed E-state index contributed by atoms with van der Waals surface area (Å²) in [5.41, 5.74) is 0.0725. The van der Waals surface area contributed by atoms with E-state index in [0.717, 1.165) is 12.8 Å². The predicted molar refractivity (Wildman–Crippen MR) is 60.9 cm³/mol. The van der Waals surface area contributed by atoms with Gasteiger partial charge in [-0.2, -0.15) is 0 Å². The summed E-state index contributed by atoms with van der Waals surface area (Å²) in [4.78, 5) is 27.1. The van der Waals surface area contributed by atoms with Crippen LogP contribution in [0, 0.1) is 6.92 Å². The maximum absolute atomic E-state index is 11.7. The first-order chi connectivity index (χ1) is 8.47. The van der Waals surface area contributed by atoms with Crippen molar-refractivity contribution in [1.29, 1.82) is 0 Å². The Labute approximate surface area is 103 Å².